The van der Waals surface area contributed by atoms with Crippen LogP contribution in [0.25, 0.3) is 0 Å². The second-order valence-corrected chi connectivity index (χ2v) is 6.32. The molecule has 1 heterocycles. The summed E-state index contributed by atoms with van der Waals surface area (Å²) < 4.78 is 19.1. The van der Waals surface area contributed by atoms with Crippen LogP contribution < -0.4 is 20.7 Å². The topological polar surface area (TPSA) is 116 Å². The first-order valence-electron chi connectivity index (χ1n) is 9.18. The number of hydrogen-bond donors (Lipinski definition) is 3. The molecular formula is C22H18FN5O3. The van der Waals surface area contributed by atoms with Crippen molar-refractivity contribution in [2.24, 2.45) is 0 Å². The number of nitriles is 1. The zero-order valence-corrected chi connectivity index (χ0v) is 16.5. The van der Waals surface area contributed by atoms with E-state index in [1.165, 1.54) is 31.4 Å². The van der Waals surface area contributed by atoms with E-state index in [9.17, 15) is 14.0 Å². The van der Waals surface area contributed by atoms with Crippen molar-refractivity contribution in [1.29, 1.82) is 5.26 Å². The number of anilines is 1. The summed E-state index contributed by atoms with van der Waals surface area (Å²) in [5, 5.41) is 16.6. The van der Waals surface area contributed by atoms with Gasteiger partial charge in [-0.2, -0.15) is 5.26 Å². The average molecular weight is 419 g/mol. The number of nitrogens with one attached hydrogen (secondary N) is 3. The minimum atomic E-state index is -0.646. The zero-order valence-electron chi connectivity index (χ0n) is 16.5. The van der Waals surface area contributed by atoms with Crippen LogP contribution in [0.5, 0.6) is 11.5 Å². The molecule has 1 aromatic heterocycles. The fourth-order valence-corrected chi connectivity index (χ4v) is 2.58. The Balaban J connectivity index is 1.54. The average Bonchev–Trinajstić information content (AvgIpc) is 2.79. The standard InChI is InChI=1S/C22H18FN5O3/c1-25-21(29)20-11-18(8-9-26-20)31-17-5-2-14(3-6-17)13-27-22(30)28-16-4-7-19(23)15(10-16)12-24/h2-11H,13H2,1H3,(H,25,29)(H2,27,28,30). The van der Waals surface area contributed by atoms with E-state index in [-0.39, 0.29) is 23.7 Å². The molecule has 0 saturated carbocycles. The Morgan fingerprint density at radius 1 is 1.10 bits per heavy atom. The highest BCUT2D eigenvalue weighted by Gasteiger charge is 2.08. The van der Waals surface area contributed by atoms with Crippen LogP contribution in [-0.2, 0) is 6.54 Å². The molecule has 3 aromatic rings. The van der Waals surface area contributed by atoms with Gasteiger partial charge >= 0.3 is 6.03 Å². The van der Waals surface area contributed by atoms with E-state index in [2.05, 4.69) is 20.9 Å². The highest BCUT2D eigenvalue weighted by atomic mass is 19.1. The van der Waals surface area contributed by atoms with E-state index < -0.39 is 11.8 Å². The van der Waals surface area contributed by atoms with Crippen molar-refractivity contribution in [2.75, 3.05) is 12.4 Å². The third-order valence-electron chi connectivity index (χ3n) is 4.15. The van der Waals surface area contributed by atoms with Crippen LogP contribution in [-0.4, -0.2) is 24.0 Å². The Hall–Kier alpha value is -4.45. The van der Waals surface area contributed by atoms with Crippen molar-refractivity contribution in [1.82, 2.24) is 15.6 Å². The predicted octanol–water partition coefficient (Wildman–Crippen LogP) is 3.57. The number of rotatable bonds is 6. The number of nitrogens with zero attached hydrogens (tertiary/aromatic N) is 2. The Morgan fingerprint density at radius 3 is 2.58 bits per heavy atom. The molecule has 0 spiro atoms. The predicted molar refractivity (Wildman–Crippen MR) is 111 cm³/mol. The molecule has 9 heteroatoms. The van der Waals surface area contributed by atoms with Gasteiger partial charge in [-0.1, -0.05) is 12.1 Å². The molecule has 3 amide bonds. The van der Waals surface area contributed by atoms with Crippen molar-refractivity contribution in [2.45, 2.75) is 6.54 Å². The fraction of sp³-hybridized carbons (Fsp3) is 0.0909. The number of urea groups is 1. The van der Waals surface area contributed by atoms with E-state index in [0.717, 1.165) is 11.6 Å². The van der Waals surface area contributed by atoms with Crippen molar-refractivity contribution in [3.63, 3.8) is 0 Å². The first kappa shape index (κ1) is 21.3. The van der Waals surface area contributed by atoms with Gasteiger partial charge in [-0.3, -0.25) is 9.78 Å². The number of hydrogen-bond acceptors (Lipinski definition) is 5. The highest BCUT2D eigenvalue weighted by Crippen LogP contribution is 2.22. The summed E-state index contributed by atoms with van der Waals surface area (Å²) in [6.45, 7) is 0.245. The quantitative estimate of drug-likeness (QED) is 0.565. The van der Waals surface area contributed by atoms with Gasteiger partial charge in [-0.05, 0) is 42.0 Å². The molecule has 3 rings (SSSR count). The molecule has 0 radical (unpaired) electrons. The number of carbonyl (C=O) groups excluding carboxylic acids is 2. The summed E-state index contributed by atoms with van der Waals surface area (Å²) in [5.41, 5.74) is 1.23. The number of halogens is 1. The number of pyridine rings is 1. The summed E-state index contributed by atoms with van der Waals surface area (Å²) >= 11 is 0. The molecule has 0 unspecified atom stereocenters. The van der Waals surface area contributed by atoms with Crippen LogP contribution >= 0.6 is 0 Å². The van der Waals surface area contributed by atoms with Crippen LogP contribution in [0.4, 0.5) is 14.9 Å². The van der Waals surface area contributed by atoms with E-state index in [4.69, 9.17) is 10.00 Å². The minimum Gasteiger partial charge on any atom is -0.457 e. The van der Waals surface area contributed by atoms with Gasteiger partial charge in [0.25, 0.3) is 5.91 Å². The van der Waals surface area contributed by atoms with Gasteiger partial charge in [0.05, 0.1) is 5.56 Å². The Kier molecular flexibility index (Phi) is 6.75. The molecule has 0 bridgehead atoms. The van der Waals surface area contributed by atoms with Gasteiger partial charge in [0.1, 0.15) is 29.1 Å². The summed E-state index contributed by atoms with van der Waals surface area (Å²) in [6, 6.07) is 15.2. The maximum absolute atomic E-state index is 13.3. The monoisotopic (exact) mass is 419 g/mol. The van der Waals surface area contributed by atoms with E-state index in [0.29, 0.717) is 17.2 Å². The van der Waals surface area contributed by atoms with Gasteiger partial charge in [0.2, 0.25) is 0 Å². The smallest absolute Gasteiger partial charge is 0.319 e. The van der Waals surface area contributed by atoms with Gasteiger partial charge in [-0.15, -0.1) is 0 Å². The number of benzene rings is 2. The van der Waals surface area contributed by atoms with Gasteiger partial charge in [0, 0.05) is 31.5 Å². The Labute approximate surface area is 177 Å². The van der Waals surface area contributed by atoms with E-state index in [1.54, 1.807) is 36.4 Å². The maximum atomic E-state index is 13.3. The normalized spacial score (nSPS) is 9.97. The fourth-order valence-electron chi connectivity index (χ4n) is 2.58. The summed E-state index contributed by atoms with van der Waals surface area (Å²) in [7, 11) is 1.52. The Bertz CT molecular complexity index is 1140. The van der Waals surface area contributed by atoms with Crippen LogP contribution in [0.1, 0.15) is 21.6 Å². The molecule has 0 saturated heterocycles. The number of amides is 3. The summed E-state index contributed by atoms with van der Waals surface area (Å²) in [5.74, 6) is 0.0644. The van der Waals surface area contributed by atoms with Gasteiger partial charge in [-0.25, -0.2) is 9.18 Å². The summed E-state index contributed by atoms with van der Waals surface area (Å²) in [4.78, 5) is 27.7. The molecule has 0 aliphatic heterocycles. The molecule has 31 heavy (non-hydrogen) atoms. The zero-order chi connectivity index (χ0) is 22.2. The Morgan fingerprint density at radius 2 is 1.87 bits per heavy atom. The third-order valence-corrected chi connectivity index (χ3v) is 4.15. The number of carbonyl (C=O) groups is 2. The summed E-state index contributed by atoms with van der Waals surface area (Å²) in [6.07, 6.45) is 1.48. The maximum Gasteiger partial charge on any atom is 0.319 e. The second-order valence-electron chi connectivity index (χ2n) is 6.32. The minimum absolute atomic E-state index is 0.148. The molecule has 0 atom stereocenters. The van der Waals surface area contributed by atoms with Crippen molar-refractivity contribution >= 4 is 17.6 Å². The molecule has 0 aliphatic rings. The lowest BCUT2D eigenvalue weighted by molar-refractivity contribution is 0.0958. The van der Waals surface area contributed by atoms with Crippen molar-refractivity contribution < 1.29 is 18.7 Å². The molecular weight excluding hydrogens is 401 g/mol. The lowest BCUT2D eigenvalue weighted by Gasteiger charge is -2.10. The van der Waals surface area contributed by atoms with E-state index in [1.807, 2.05) is 0 Å². The highest BCUT2D eigenvalue weighted by molar-refractivity contribution is 5.92. The lowest BCUT2D eigenvalue weighted by Crippen LogP contribution is -2.28. The largest absolute Gasteiger partial charge is 0.457 e. The number of ether oxygens (including phenoxy) is 1. The molecule has 0 aliphatic carbocycles. The van der Waals surface area contributed by atoms with Gasteiger partial charge in [0.15, 0.2) is 0 Å². The molecule has 156 valence electrons. The van der Waals surface area contributed by atoms with Gasteiger partial charge < -0.3 is 20.7 Å². The first-order chi connectivity index (χ1) is 15.0. The van der Waals surface area contributed by atoms with Crippen LogP contribution in [0, 0.1) is 17.1 Å². The van der Waals surface area contributed by atoms with Crippen LogP contribution in [0.3, 0.4) is 0 Å². The second kappa shape index (κ2) is 9.84. The van der Waals surface area contributed by atoms with Crippen LogP contribution in [0.2, 0.25) is 0 Å². The lowest BCUT2D eigenvalue weighted by atomic mass is 10.2. The third kappa shape index (κ3) is 5.77. The van der Waals surface area contributed by atoms with Crippen LogP contribution in [0.15, 0.2) is 60.8 Å². The van der Waals surface area contributed by atoms with E-state index >= 15 is 0 Å². The first-order valence-corrected chi connectivity index (χ1v) is 9.18. The molecule has 3 N–H and O–H groups in total. The molecule has 0 fully saturated rings. The molecule has 2 aromatic carbocycles. The van der Waals surface area contributed by atoms with Crippen molar-refractivity contribution in [3.05, 3.63) is 83.4 Å². The SMILES string of the molecule is CNC(=O)c1cc(Oc2ccc(CNC(=O)Nc3ccc(F)c(C#N)c3)cc2)ccn1. The van der Waals surface area contributed by atoms with Crippen molar-refractivity contribution in [3.8, 4) is 17.6 Å². The molecule has 8 nitrogen and oxygen atoms in total. The number of aromatic nitrogens is 1.